The van der Waals surface area contributed by atoms with Crippen molar-refractivity contribution in [1.29, 1.82) is 0 Å². The number of nitrogens with zero attached hydrogens (tertiary/aromatic N) is 1. The van der Waals surface area contributed by atoms with E-state index in [9.17, 15) is 9.59 Å². The molecule has 1 amide bonds. The standard InChI is InChI=1S/C23H22BrClN2O4/c1-13-21(17-11-15(24)8-9-18(17)27-22(13)25)23(30)26-12-14(7-10-20(28)29)16-5-3-4-6-19(16)31-2/h3-6,8-9,11,14H,7,10,12H2,1-2H3,(H,26,30)(H,28,29). The summed E-state index contributed by atoms with van der Waals surface area (Å²) in [4.78, 5) is 28.7. The van der Waals surface area contributed by atoms with Gasteiger partial charge in [0, 0.05) is 28.7 Å². The largest absolute Gasteiger partial charge is 0.496 e. The highest BCUT2D eigenvalue weighted by molar-refractivity contribution is 9.10. The number of fused-ring (bicyclic) bond motifs is 1. The quantitative estimate of drug-likeness (QED) is 0.403. The van der Waals surface area contributed by atoms with Gasteiger partial charge in [-0.2, -0.15) is 0 Å². The molecule has 6 nitrogen and oxygen atoms in total. The number of carboxylic acids is 1. The first kappa shape index (κ1) is 23.0. The molecular weight excluding hydrogens is 484 g/mol. The van der Waals surface area contributed by atoms with Gasteiger partial charge in [-0.1, -0.05) is 45.7 Å². The Kier molecular flexibility index (Phi) is 7.51. The molecule has 8 heteroatoms. The smallest absolute Gasteiger partial charge is 0.303 e. The van der Waals surface area contributed by atoms with Crippen LogP contribution in [-0.2, 0) is 4.79 Å². The Labute approximate surface area is 193 Å². The molecule has 2 aromatic carbocycles. The SMILES string of the molecule is COc1ccccc1C(CCC(=O)O)CNC(=O)c1c(C)c(Cl)nc2ccc(Br)cc12. The minimum atomic E-state index is -0.890. The second kappa shape index (κ2) is 10.1. The van der Waals surface area contributed by atoms with E-state index < -0.39 is 5.97 Å². The van der Waals surface area contributed by atoms with Gasteiger partial charge in [0.25, 0.3) is 5.91 Å². The maximum atomic E-state index is 13.2. The number of carbonyl (C=O) groups excluding carboxylic acids is 1. The topological polar surface area (TPSA) is 88.5 Å². The highest BCUT2D eigenvalue weighted by Gasteiger charge is 2.21. The molecule has 2 N–H and O–H groups in total. The predicted molar refractivity (Wildman–Crippen MR) is 124 cm³/mol. The van der Waals surface area contributed by atoms with Crippen LogP contribution in [0.4, 0.5) is 0 Å². The summed E-state index contributed by atoms with van der Waals surface area (Å²) in [6.45, 7) is 2.01. The number of benzene rings is 2. The molecule has 0 radical (unpaired) electrons. The summed E-state index contributed by atoms with van der Waals surface area (Å²) in [5, 5.41) is 13.1. The van der Waals surface area contributed by atoms with E-state index in [0.717, 1.165) is 10.0 Å². The lowest BCUT2D eigenvalue weighted by molar-refractivity contribution is -0.137. The van der Waals surface area contributed by atoms with Crippen molar-refractivity contribution in [2.24, 2.45) is 0 Å². The van der Waals surface area contributed by atoms with Crippen molar-refractivity contribution in [2.75, 3.05) is 13.7 Å². The second-order valence-corrected chi connectivity index (χ2v) is 8.42. The van der Waals surface area contributed by atoms with Crippen LogP contribution in [0, 0.1) is 6.92 Å². The lowest BCUT2D eigenvalue weighted by Crippen LogP contribution is -2.30. The summed E-state index contributed by atoms with van der Waals surface area (Å²) >= 11 is 9.71. The minimum absolute atomic E-state index is 0.0193. The van der Waals surface area contributed by atoms with Crippen LogP contribution < -0.4 is 10.1 Å². The third kappa shape index (κ3) is 5.35. The van der Waals surface area contributed by atoms with Crippen molar-refractivity contribution in [1.82, 2.24) is 10.3 Å². The van der Waals surface area contributed by atoms with Gasteiger partial charge in [0.2, 0.25) is 0 Å². The van der Waals surface area contributed by atoms with E-state index in [4.69, 9.17) is 21.4 Å². The van der Waals surface area contributed by atoms with Gasteiger partial charge >= 0.3 is 5.97 Å². The molecular formula is C23H22BrClN2O4. The summed E-state index contributed by atoms with van der Waals surface area (Å²) in [6.07, 6.45) is 0.340. The number of aliphatic carboxylic acids is 1. The Balaban J connectivity index is 1.92. The number of nitrogens with one attached hydrogen (secondary N) is 1. The number of rotatable bonds is 8. The fourth-order valence-electron chi connectivity index (χ4n) is 3.57. The maximum absolute atomic E-state index is 13.2. The highest BCUT2D eigenvalue weighted by atomic mass is 79.9. The van der Waals surface area contributed by atoms with E-state index in [1.807, 2.05) is 36.4 Å². The number of hydrogen-bond donors (Lipinski definition) is 2. The zero-order valence-corrected chi connectivity index (χ0v) is 19.5. The molecule has 162 valence electrons. The van der Waals surface area contributed by atoms with Crippen molar-refractivity contribution >= 4 is 50.3 Å². The van der Waals surface area contributed by atoms with Crippen molar-refractivity contribution < 1.29 is 19.4 Å². The predicted octanol–water partition coefficient (Wildman–Crippen LogP) is 5.35. The van der Waals surface area contributed by atoms with Gasteiger partial charge in [0.15, 0.2) is 0 Å². The number of aromatic nitrogens is 1. The van der Waals surface area contributed by atoms with Gasteiger partial charge < -0.3 is 15.2 Å². The molecule has 31 heavy (non-hydrogen) atoms. The zero-order valence-electron chi connectivity index (χ0n) is 17.1. The zero-order chi connectivity index (χ0) is 22.5. The number of amides is 1. The van der Waals surface area contributed by atoms with Gasteiger partial charge in [-0.15, -0.1) is 0 Å². The van der Waals surface area contributed by atoms with E-state index in [1.165, 1.54) is 0 Å². The number of hydrogen-bond acceptors (Lipinski definition) is 4. The van der Waals surface area contributed by atoms with Crippen molar-refractivity contribution in [3.8, 4) is 5.75 Å². The average Bonchev–Trinajstić information content (AvgIpc) is 2.74. The molecule has 3 aromatic rings. The first-order valence-corrected chi connectivity index (χ1v) is 10.9. The Morgan fingerprint density at radius 2 is 2.00 bits per heavy atom. The van der Waals surface area contributed by atoms with E-state index in [-0.39, 0.29) is 29.9 Å². The van der Waals surface area contributed by atoms with Crippen LogP contribution in [0.25, 0.3) is 10.9 Å². The van der Waals surface area contributed by atoms with Gasteiger partial charge in [0.05, 0.1) is 18.2 Å². The number of pyridine rings is 1. The molecule has 0 bridgehead atoms. The third-order valence-electron chi connectivity index (χ3n) is 5.15. The molecule has 1 heterocycles. The van der Waals surface area contributed by atoms with Gasteiger partial charge in [0.1, 0.15) is 10.9 Å². The fourth-order valence-corrected chi connectivity index (χ4v) is 4.11. The number of methoxy groups -OCH3 is 1. The lowest BCUT2D eigenvalue weighted by atomic mass is 9.93. The first-order chi connectivity index (χ1) is 14.8. The molecule has 0 saturated heterocycles. The number of ether oxygens (including phenoxy) is 1. The van der Waals surface area contributed by atoms with Crippen LogP contribution in [0.3, 0.4) is 0 Å². The fraction of sp³-hybridized carbons (Fsp3) is 0.261. The second-order valence-electron chi connectivity index (χ2n) is 7.15. The van der Waals surface area contributed by atoms with Gasteiger partial charge in [-0.3, -0.25) is 9.59 Å². The molecule has 0 fully saturated rings. The summed E-state index contributed by atoms with van der Waals surface area (Å²) in [7, 11) is 1.57. The Morgan fingerprint density at radius 1 is 1.26 bits per heavy atom. The van der Waals surface area contributed by atoms with Gasteiger partial charge in [-0.25, -0.2) is 4.98 Å². The van der Waals surface area contributed by atoms with Crippen molar-refractivity contribution in [3.05, 3.63) is 68.8 Å². The van der Waals surface area contributed by atoms with Crippen LogP contribution in [0.1, 0.15) is 40.2 Å². The number of halogens is 2. The maximum Gasteiger partial charge on any atom is 0.303 e. The average molecular weight is 506 g/mol. The van der Waals surface area contributed by atoms with Crippen molar-refractivity contribution in [2.45, 2.75) is 25.7 Å². The van der Waals surface area contributed by atoms with Crippen molar-refractivity contribution in [3.63, 3.8) is 0 Å². The van der Waals surface area contributed by atoms with E-state index in [0.29, 0.717) is 34.2 Å². The van der Waals surface area contributed by atoms with Crippen LogP contribution in [0.15, 0.2) is 46.9 Å². The Hall–Kier alpha value is -2.64. The number of carbonyl (C=O) groups is 2. The number of carboxylic acid groups (broad SMARTS) is 1. The lowest BCUT2D eigenvalue weighted by Gasteiger charge is -2.20. The first-order valence-electron chi connectivity index (χ1n) is 9.70. The van der Waals surface area contributed by atoms with Crippen LogP contribution >= 0.6 is 27.5 Å². The molecule has 0 aliphatic carbocycles. The van der Waals surface area contributed by atoms with E-state index in [2.05, 4.69) is 26.2 Å². The molecule has 1 unspecified atom stereocenters. The minimum Gasteiger partial charge on any atom is -0.496 e. The monoisotopic (exact) mass is 504 g/mol. The summed E-state index contributed by atoms with van der Waals surface area (Å²) in [6, 6.07) is 12.9. The van der Waals surface area contributed by atoms with Gasteiger partial charge in [-0.05, 0) is 48.7 Å². The summed E-state index contributed by atoms with van der Waals surface area (Å²) < 4.78 is 6.26. The van der Waals surface area contributed by atoms with Crippen LogP contribution in [0.2, 0.25) is 5.15 Å². The molecule has 1 atom stereocenters. The van der Waals surface area contributed by atoms with E-state index in [1.54, 1.807) is 20.1 Å². The molecule has 0 saturated carbocycles. The molecule has 0 aliphatic rings. The summed E-state index contributed by atoms with van der Waals surface area (Å²) in [5.41, 5.74) is 2.51. The third-order valence-corrected chi connectivity index (χ3v) is 6.01. The van der Waals surface area contributed by atoms with Crippen LogP contribution in [0.5, 0.6) is 5.75 Å². The normalized spacial score (nSPS) is 11.9. The highest BCUT2D eigenvalue weighted by Crippen LogP contribution is 2.31. The molecule has 3 rings (SSSR count). The number of para-hydroxylation sites is 1. The summed E-state index contributed by atoms with van der Waals surface area (Å²) in [5.74, 6) is -0.754. The Morgan fingerprint density at radius 3 is 2.71 bits per heavy atom. The molecule has 0 spiro atoms. The molecule has 1 aromatic heterocycles. The van der Waals surface area contributed by atoms with E-state index >= 15 is 0 Å². The van der Waals surface area contributed by atoms with Crippen LogP contribution in [-0.4, -0.2) is 35.6 Å². The Bertz CT molecular complexity index is 1140. The molecule has 0 aliphatic heterocycles.